The lowest BCUT2D eigenvalue weighted by atomic mass is 9.99. The standard InChI is InChI=1S/C23H28N2O5/c1-29-21-9-6-17(14-22(21)30-2)19(11-12-26)24-20-8-5-16-13-15(3-7-18(16)20)4-10-23(27)25-28/h3-4,6-7,9-10,13-14,19-20,24,26,28H,5,8,11-12H2,1-2H3,(H,25,27)/b10-4+. The van der Waals surface area contributed by atoms with E-state index in [1.165, 1.54) is 17.2 Å². The van der Waals surface area contributed by atoms with Crippen molar-refractivity contribution >= 4 is 12.0 Å². The zero-order valence-corrected chi connectivity index (χ0v) is 17.2. The van der Waals surface area contributed by atoms with Gasteiger partial charge in [-0.2, -0.15) is 0 Å². The first-order valence-electron chi connectivity index (χ1n) is 9.93. The minimum atomic E-state index is -0.559. The second-order valence-electron chi connectivity index (χ2n) is 7.20. The Kier molecular flexibility index (Phi) is 7.46. The van der Waals surface area contributed by atoms with Crippen LogP contribution in [-0.2, 0) is 11.2 Å². The van der Waals surface area contributed by atoms with Gasteiger partial charge in [-0.05, 0) is 59.7 Å². The van der Waals surface area contributed by atoms with Crippen molar-refractivity contribution in [3.8, 4) is 11.5 Å². The number of ether oxygens (including phenoxy) is 2. The zero-order valence-electron chi connectivity index (χ0n) is 17.2. The SMILES string of the molecule is COc1ccc(C(CCO)NC2CCc3cc(/C=C/C(=O)NO)ccc32)cc1OC. The lowest BCUT2D eigenvalue weighted by Crippen LogP contribution is -2.26. The molecule has 30 heavy (non-hydrogen) atoms. The van der Waals surface area contributed by atoms with Crippen molar-refractivity contribution in [1.82, 2.24) is 10.8 Å². The smallest absolute Gasteiger partial charge is 0.267 e. The van der Waals surface area contributed by atoms with Crippen molar-refractivity contribution in [1.29, 1.82) is 0 Å². The predicted octanol–water partition coefficient (Wildman–Crippen LogP) is 2.92. The minimum Gasteiger partial charge on any atom is -0.493 e. The molecular weight excluding hydrogens is 384 g/mol. The molecule has 0 aliphatic heterocycles. The van der Waals surface area contributed by atoms with Gasteiger partial charge in [0.05, 0.1) is 14.2 Å². The quantitative estimate of drug-likeness (QED) is 0.287. The highest BCUT2D eigenvalue weighted by atomic mass is 16.5. The summed E-state index contributed by atoms with van der Waals surface area (Å²) >= 11 is 0. The van der Waals surface area contributed by atoms with Gasteiger partial charge in [-0.25, -0.2) is 5.48 Å². The van der Waals surface area contributed by atoms with E-state index in [2.05, 4.69) is 17.4 Å². The summed E-state index contributed by atoms with van der Waals surface area (Å²) in [7, 11) is 3.22. The van der Waals surface area contributed by atoms with E-state index in [1.54, 1.807) is 25.8 Å². The van der Waals surface area contributed by atoms with E-state index in [-0.39, 0.29) is 18.7 Å². The molecule has 0 radical (unpaired) electrons. The Bertz CT molecular complexity index is 912. The van der Waals surface area contributed by atoms with Crippen molar-refractivity contribution in [2.75, 3.05) is 20.8 Å². The van der Waals surface area contributed by atoms with Crippen LogP contribution >= 0.6 is 0 Å². The molecular formula is C23H28N2O5. The van der Waals surface area contributed by atoms with Crippen LogP contribution in [0.3, 0.4) is 0 Å². The van der Waals surface area contributed by atoms with Gasteiger partial charge in [-0.3, -0.25) is 10.0 Å². The number of hydroxylamine groups is 1. The summed E-state index contributed by atoms with van der Waals surface area (Å²) in [6, 6.07) is 12.0. The van der Waals surface area contributed by atoms with Gasteiger partial charge in [0.2, 0.25) is 0 Å². The fourth-order valence-corrected chi connectivity index (χ4v) is 3.91. The second kappa shape index (κ2) is 10.2. The Morgan fingerprint density at radius 3 is 2.70 bits per heavy atom. The number of carbonyl (C=O) groups excluding carboxylic acids is 1. The maximum atomic E-state index is 11.2. The maximum absolute atomic E-state index is 11.2. The average molecular weight is 412 g/mol. The van der Waals surface area contributed by atoms with Crippen LogP contribution in [0.5, 0.6) is 11.5 Å². The van der Waals surface area contributed by atoms with Crippen molar-refractivity contribution < 1.29 is 24.6 Å². The summed E-state index contributed by atoms with van der Waals surface area (Å²) in [5, 5.41) is 21.9. The Morgan fingerprint density at radius 1 is 1.20 bits per heavy atom. The summed E-state index contributed by atoms with van der Waals surface area (Å²) in [4.78, 5) is 11.2. The summed E-state index contributed by atoms with van der Waals surface area (Å²) in [5.74, 6) is 0.775. The summed E-state index contributed by atoms with van der Waals surface area (Å²) in [6.45, 7) is 0.0717. The number of aliphatic hydroxyl groups is 1. The first-order valence-corrected chi connectivity index (χ1v) is 9.93. The van der Waals surface area contributed by atoms with E-state index in [0.717, 1.165) is 24.0 Å². The third-order valence-electron chi connectivity index (χ3n) is 5.41. The molecule has 2 aromatic carbocycles. The van der Waals surface area contributed by atoms with Gasteiger partial charge < -0.3 is 19.9 Å². The topological polar surface area (TPSA) is 100 Å². The molecule has 1 aliphatic carbocycles. The van der Waals surface area contributed by atoms with Crippen LogP contribution in [-0.4, -0.2) is 37.0 Å². The molecule has 0 saturated heterocycles. The van der Waals surface area contributed by atoms with E-state index >= 15 is 0 Å². The molecule has 7 heteroatoms. The Hall–Kier alpha value is -2.87. The third-order valence-corrected chi connectivity index (χ3v) is 5.41. The fourth-order valence-electron chi connectivity index (χ4n) is 3.91. The number of aryl methyl sites for hydroxylation is 1. The van der Waals surface area contributed by atoms with Crippen LogP contribution in [0.15, 0.2) is 42.5 Å². The van der Waals surface area contributed by atoms with Crippen molar-refractivity contribution in [2.45, 2.75) is 31.3 Å². The van der Waals surface area contributed by atoms with E-state index in [0.29, 0.717) is 17.9 Å². The first-order chi connectivity index (χ1) is 14.6. The Labute approximate surface area is 176 Å². The lowest BCUT2D eigenvalue weighted by Gasteiger charge is -2.24. The number of benzene rings is 2. The van der Waals surface area contributed by atoms with Gasteiger partial charge >= 0.3 is 0 Å². The molecule has 0 aromatic heterocycles. The average Bonchev–Trinajstić information content (AvgIpc) is 3.18. The lowest BCUT2D eigenvalue weighted by molar-refractivity contribution is -0.124. The van der Waals surface area contributed by atoms with E-state index < -0.39 is 5.91 Å². The number of rotatable bonds is 9. The van der Waals surface area contributed by atoms with Gasteiger partial charge in [-0.15, -0.1) is 0 Å². The summed E-state index contributed by atoms with van der Waals surface area (Å²) in [5.41, 5.74) is 5.98. The minimum absolute atomic E-state index is 0.0291. The van der Waals surface area contributed by atoms with Crippen LogP contribution in [0.4, 0.5) is 0 Å². The molecule has 4 N–H and O–H groups in total. The predicted molar refractivity (Wildman–Crippen MR) is 114 cm³/mol. The monoisotopic (exact) mass is 412 g/mol. The van der Waals surface area contributed by atoms with Gasteiger partial charge in [-0.1, -0.05) is 24.3 Å². The molecule has 0 spiro atoms. The van der Waals surface area contributed by atoms with E-state index in [1.807, 2.05) is 24.3 Å². The van der Waals surface area contributed by atoms with Crippen LogP contribution in [0.25, 0.3) is 6.08 Å². The number of aliphatic hydroxyl groups excluding tert-OH is 1. The van der Waals surface area contributed by atoms with Gasteiger partial charge in [0.25, 0.3) is 5.91 Å². The third kappa shape index (κ3) is 4.99. The van der Waals surface area contributed by atoms with Crippen molar-refractivity contribution in [3.05, 3.63) is 64.7 Å². The molecule has 7 nitrogen and oxygen atoms in total. The molecule has 2 atom stereocenters. The number of fused-ring (bicyclic) bond motifs is 1. The largest absolute Gasteiger partial charge is 0.493 e. The fraction of sp³-hybridized carbons (Fsp3) is 0.348. The molecule has 0 saturated carbocycles. The highest BCUT2D eigenvalue weighted by molar-refractivity contribution is 5.90. The maximum Gasteiger partial charge on any atom is 0.267 e. The number of methoxy groups -OCH3 is 2. The van der Waals surface area contributed by atoms with Crippen LogP contribution in [0, 0.1) is 0 Å². The second-order valence-corrected chi connectivity index (χ2v) is 7.20. The molecule has 2 unspecified atom stereocenters. The van der Waals surface area contributed by atoms with Crippen LogP contribution < -0.4 is 20.3 Å². The molecule has 160 valence electrons. The highest BCUT2D eigenvalue weighted by Crippen LogP contribution is 2.36. The molecule has 0 fully saturated rings. The van der Waals surface area contributed by atoms with Gasteiger partial charge in [0, 0.05) is 24.8 Å². The van der Waals surface area contributed by atoms with Crippen molar-refractivity contribution in [3.63, 3.8) is 0 Å². The molecule has 3 rings (SSSR count). The number of carbonyl (C=O) groups is 1. The molecule has 0 bridgehead atoms. The van der Waals surface area contributed by atoms with Crippen molar-refractivity contribution in [2.24, 2.45) is 0 Å². The normalized spacial score (nSPS) is 16.3. The summed E-state index contributed by atoms with van der Waals surface area (Å²) < 4.78 is 10.8. The van der Waals surface area contributed by atoms with Gasteiger partial charge in [0.15, 0.2) is 11.5 Å². The molecule has 1 aliphatic rings. The van der Waals surface area contributed by atoms with E-state index in [4.69, 9.17) is 14.7 Å². The number of hydrogen-bond acceptors (Lipinski definition) is 6. The molecule has 0 heterocycles. The Balaban J connectivity index is 1.78. The van der Waals surface area contributed by atoms with Crippen LogP contribution in [0.1, 0.15) is 47.2 Å². The first kappa shape index (κ1) is 21.8. The zero-order chi connectivity index (χ0) is 21.5. The number of amides is 1. The van der Waals surface area contributed by atoms with Crippen LogP contribution in [0.2, 0.25) is 0 Å². The highest BCUT2D eigenvalue weighted by Gasteiger charge is 2.26. The number of nitrogens with one attached hydrogen (secondary N) is 2. The number of hydrogen-bond donors (Lipinski definition) is 4. The Morgan fingerprint density at radius 2 is 2.00 bits per heavy atom. The summed E-state index contributed by atoms with van der Waals surface area (Å²) in [6.07, 6.45) is 5.43. The van der Waals surface area contributed by atoms with E-state index in [9.17, 15) is 9.90 Å². The molecule has 1 amide bonds. The van der Waals surface area contributed by atoms with Gasteiger partial charge in [0.1, 0.15) is 0 Å². The molecule has 2 aromatic rings.